The van der Waals surface area contributed by atoms with Gasteiger partial charge in [0.25, 0.3) is 5.91 Å². The first kappa shape index (κ1) is 37.2. The second kappa shape index (κ2) is 16.3. The van der Waals surface area contributed by atoms with Crippen LogP contribution in [0.4, 0.5) is 5.69 Å². The standard InChI is InChI=1S/C38H46ClN3O8/c1-5-8-14-30(44)40-28(23-48-4)33(24-12-10-9-11-13-24)49-37(47)31-29-19-20-38(50-29)32(31)35(45)42(26(7-3)22-43)34(38)36(46)41(21-6-2)27-17-15-25(39)16-18-27/h5-6,9-13,15-18,26,28-29,31-34,43H,1-2,7-8,14,19-23H2,3-4H3,(H,40,44)/t26-,28-,29+,31-,32-,33-,34+,38-/m0/s1. The minimum absolute atomic E-state index is 0.0480. The first-order chi connectivity index (χ1) is 24.1. The number of esters is 1. The number of hydrogen-bond acceptors (Lipinski definition) is 8. The fourth-order valence-electron chi connectivity index (χ4n) is 7.79. The normalized spacial score (nSPS) is 25.4. The van der Waals surface area contributed by atoms with Crippen molar-refractivity contribution in [2.45, 2.75) is 75.0 Å². The van der Waals surface area contributed by atoms with Crippen LogP contribution in [-0.4, -0.2) is 90.4 Å². The average molecular weight is 708 g/mol. The molecule has 0 radical (unpaired) electrons. The molecule has 3 saturated heterocycles. The van der Waals surface area contributed by atoms with E-state index in [1.54, 1.807) is 60.7 Å². The van der Waals surface area contributed by atoms with E-state index in [0.29, 0.717) is 42.0 Å². The highest BCUT2D eigenvalue weighted by atomic mass is 35.5. The van der Waals surface area contributed by atoms with Crippen LogP contribution in [0.1, 0.15) is 50.7 Å². The highest BCUT2D eigenvalue weighted by Crippen LogP contribution is 2.59. The van der Waals surface area contributed by atoms with Crippen LogP contribution in [-0.2, 0) is 33.4 Å². The summed E-state index contributed by atoms with van der Waals surface area (Å²) < 4.78 is 18.4. The van der Waals surface area contributed by atoms with Crippen molar-refractivity contribution in [3.8, 4) is 0 Å². The van der Waals surface area contributed by atoms with E-state index in [0.717, 1.165) is 0 Å². The summed E-state index contributed by atoms with van der Waals surface area (Å²) in [6, 6.07) is 13.3. The van der Waals surface area contributed by atoms with Gasteiger partial charge < -0.3 is 34.4 Å². The first-order valence-corrected chi connectivity index (χ1v) is 17.5. The molecule has 2 aromatic rings. The summed E-state index contributed by atoms with van der Waals surface area (Å²) in [4.78, 5) is 59.6. The van der Waals surface area contributed by atoms with Crippen molar-refractivity contribution in [2.24, 2.45) is 11.8 Å². The van der Waals surface area contributed by atoms with Crippen molar-refractivity contribution in [3.05, 3.63) is 90.5 Å². The van der Waals surface area contributed by atoms with Crippen LogP contribution in [0, 0.1) is 11.8 Å². The maximum atomic E-state index is 14.7. The van der Waals surface area contributed by atoms with Gasteiger partial charge in [0.2, 0.25) is 11.8 Å². The van der Waals surface area contributed by atoms with Crippen LogP contribution < -0.4 is 10.2 Å². The van der Waals surface area contributed by atoms with Crippen LogP contribution in [0.3, 0.4) is 0 Å². The summed E-state index contributed by atoms with van der Waals surface area (Å²) in [7, 11) is 1.49. The van der Waals surface area contributed by atoms with E-state index in [4.69, 9.17) is 25.8 Å². The molecule has 0 aromatic heterocycles. The molecule has 2 N–H and O–H groups in total. The number of carbonyl (C=O) groups excluding carboxylic acids is 4. The Balaban J connectivity index is 1.51. The third-order valence-electron chi connectivity index (χ3n) is 10.0. The van der Waals surface area contributed by atoms with Crippen molar-refractivity contribution < 1.29 is 38.5 Å². The predicted molar refractivity (Wildman–Crippen MR) is 188 cm³/mol. The Hall–Kier alpha value is -4.03. The molecule has 0 saturated carbocycles. The van der Waals surface area contributed by atoms with Crippen LogP contribution in [0.15, 0.2) is 79.9 Å². The number of methoxy groups -OCH3 is 1. The fraction of sp³-hybridized carbons (Fsp3) is 0.474. The Kier molecular flexibility index (Phi) is 12.2. The molecule has 0 aliphatic carbocycles. The summed E-state index contributed by atoms with van der Waals surface area (Å²) in [5, 5.41) is 13.9. The third-order valence-corrected chi connectivity index (χ3v) is 10.3. The lowest BCUT2D eigenvalue weighted by atomic mass is 9.70. The van der Waals surface area contributed by atoms with E-state index < -0.39 is 65.6 Å². The lowest BCUT2D eigenvalue weighted by molar-refractivity contribution is -0.163. The molecule has 2 aromatic carbocycles. The topological polar surface area (TPSA) is 135 Å². The number of anilines is 1. The quantitative estimate of drug-likeness (QED) is 0.183. The largest absolute Gasteiger partial charge is 0.455 e. The first-order valence-electron chi connectivity index (χ1n) is 17.1. The maximum absolute atomic E-state index is 14.7. The molecule has 3 fully saturated rings. The Morgan fingerprint density at radius 1 is 1.16 bits per heavy atom. The number of ether oxygens (including phenoxy) is 3. The number of rotatable bonds is 17. The number of fused-ring (bicyclic) bond motifs is 1. The zero-order chi connectivity index (χ0) is 36.0. The second-order valence-corrected chi connectivity index (χ2v) is 13.4. The van der Waals surface area contributed by atoms with E-state index in [1.165, 1.54) is 16.9 Å². The van der Waals surface area contributed by atoms with Crippen LogP contribution >= 0.6 is 11.6 Å². The number of hydrogen-bond donors (Lipinski definition) is 2. The summed E-state index contributed by atoms with van der Waals surface area (Å²) in [5.74, 6) is -3.83. The number of amides is 3. The molecule has 8 atom stereocenters. The summed E-state index contributed by atoms with van der Waals surface area (Å²) in [6.07, 6.45) is 3.45. The summed E-state index contributed by atoms with van der Waals surface area (Å²) in [6.45, 7) is 9.16. The van der Waals surface area contributed by atoms with E-state index in [2.05, 4.69) is 18.5 Å². The fourth-order valence-corrected chi connectivity index (χ4v) is 7.92. The maximum Gasteiger partial charge on any atom is 0.313 e. The number of benzene rings is 2. The zero-order valence-electron chi connectivity index (χ0n) is 28.5. The van der Waals surface area contributed by atoms with E-state index in [9.17, 15) is 24.3 Å². The van der Waals surface area contributed by atoms with Crippen molar-refractivity contribution >= 4 is 41.0 Å². The predicted octanol–water partition coefficient (Wildman–Crippen LogP) is 4.39. The molecule has 3 aliphatic heterocycles. The number of allylic oxidation sites excluding steroid dienone is 1. The second-order valence-electron chi connectivity index (χ2n) is 13.0. The van der Waals surface area contributed by atoms with E-state index >= 15 is 0 Å². The lowest BCUT2D eigenvalue weighted by Crippen LogP contribution is -2.59. The Morgan fingerprint density at radius 3 is 2.50 bits per heavy atom. The van der Waals surface area contributed by atoms with Crippen LogP contribution in [0.25, 0.3) is 0 Å². The van der Waals surface area contributed by atoms with E-state index in [1.807, 2.05) is 13.0 Å². The minimum atomic E-state index is -1.33. The van der Waals surface area contributed by atoms with Crippen molar-refractivity contribution in [1.29, 1.82) is 0 Å². The number of likely N-dealkylation sites (tertiary alicyclic amines) is 1. The Morgan fingerprint density at radius 2 is 1.88 bits per heavy atom. The smallest absolute Gasteiger partial charge is 0.313 e. The molecule has 12 heteroatoms. The van der Waals surface area contributed by atoms with Crippen molar-refractivity contribution in [1.82, 2.24) is 10.2 Å². The van der Waals surface area contributed by atoms with Gasteiger partial charge >= 0.3 is 5.97 Å². The van der Waals surface area contributed by atoms with Gasteiger partial charge in [0.1, 0.15) is 17.7 Å². The van der Waals surface area contributed by atoms with Crippen molar-refractivity contribution in [2.75, 3.05) is 31.8 Å². The zero-order valence-corrected chi connectivity index (χ0v) is 29.3. The van der Waals surface area contributed by atoms with Gasteiger partial charge in [-0.2, -0.15) is 0 Å². The molecule has 3 amide bonds. The monoisotopic (exact) mass is 707 g/mol. The highest BCUT2D eigenvalue weighted by Gasteiger charge is 2.75. The molecular formula is C38H46ClN3O8. The van der Waals surface area contributed by atoms with Crippen LogP contribution in [0.5, 0.6) is 0 Å². The molecule has 3 heterocycles. The summed E-state index contributed by atoms with van der Waals surface area (Å²) >= 11 is 6.15. The molecular weight excluding hydrogens is 662 g/mol. The lowest BCUT2D eigenvalue weighted by Gasteiger charge is -2.39. The number of aliphatic hydroxyl groups is 1. The molecule has 268 valence electrons. The Labute approximate surface area is 298 Å². The highest BCUT2D eigenvalue weighted by molar-refractivity contribution is 6.30. The molecule has 0 unspecified atom stereocenters. The van der Waals surface area contributed by atoms with Gasteiger partial charge in [0.15, 0.2) is 0 Å². The molecule has 3 aliphatic rings. The number of nitrogens with zero attached hydrogens (tertiary/aromatic N) is 2. The van der Waals surface area contributed by atoms with Gasteiger partial charge in [-0.15, -0.1) is 13.2 Å². The van der Waals surface area contributed by atoms with Gasteiger partial charge in [0, 0.05) is 30.8 Å². The van der Waals surface area contributed by atoms with Crippen LogP contribution in [0.2, 0.25) is 5.02 Å². The molecule has 50 heavy (non-hydrogen) atoms. The number of halogens is 1. The van der Waals surface area contributed by atoms with Gasteiger partial charge in [-0.05, 0) is 55.5 Å². The number of carbonyl (C=O) groups is 4. The Bertz CT molecular complexity index is 1550. The minimum Gasteiger partial charge on any atom is -0.455 e. The average Bonchev–Trinajstić information content (AvgIpc) is 3.77. The van der Waals surface area contributed by atoms with Gasteiger partial charge in [-0.25, -0.2) is 0 Å². The molecule has 5 rings (SSSR count). The van der Waals surface area contributed by atoms with Gasteiger partial charge in [0.05, 0.1) is 43.2 Å². The van der Waals surface area contributed by atoms with E-state index in [-0.39, 0.29) is 32.1 Å². The van der Waals surface area contributed by atoms with Crippen molar-refractivity contribution in [3.63, 3.8) is 0 Å². The number of aliphatic hydroxyl groups excluding tert-OH is 1. The summed E-state index contributed by atoms with van der Waals surface area (Å²) in [5.41, 5.74) is -0.144. The molecule has 1 spiro atoms. The molecule has 2 bridgehead atoms. The molecule has 11 nitrogen and oxygen atoms in total. The SMILES string of the molecule is C=CCCC(=O)N[C@@H](COC)[C@@H](OC(=O)[C@@H]1[C@H]2C(=O)N([C@@H](CC)CO)[C@H](C(=O)N(CC=C)c3ccc(Cl)cc3)[C@]23CC[C@H]1O3)c1ccccc1. The third kappa shape index (κ3) is 7.10. The van der Waals surface area contributed by atoms with Gasteiger partial charge in [-0.1, -0.05) is 61.0 Å². The van der Waals surface area contributed by atoms with Gasteiger partial charge in [-0.3, -0.25) is 19.2 Å². The number of nitrogens with one attached hydrogen (secondary N) is 1.